The zero-order valence-corrected chi connectivity index (χ0v) is 10.7. The summed E-state index contributed by atoms with van der Waals surface area (Å²) in [4.78, 5) is 22.1. The van der Waals surface area contributed by atoms with E-state index in [0.29, 0.717) is 29.2 Å². The number of aryl methyl sites for hydroxylation is 2. The van der Waals surface area contributed by atoms with Gasteiger partial charge in [0.15, 0.2) is 0 Å². The van der Waals surface area contributed by atoms with Gasteiger partial charge in [-0.3, -0.25) is 0 Å². The van der Waals surface area contributed by atoms with Gasteiger partial charge in [0.1, 0.15) is 30.2 Å². The highest BCUT2D eigenvalue weighted by Crippen LogP contribution is 2.21. The number of furan rings is 1. The standard InChI is InChI=1S/C12H17NO5/c1-4-17-12(16)11-8(3)18-7(2)9(11)5-13-6-10(14)15/h13H,4-6H2,1-3H3,(H,14,15). The molecule has 0 radical (unpaired) electrons. The normalized spacial score (nSPS) is 10.4. The topological polar surface area (TPSA) is 96.2 Å². The fourth-order valence-corrected chi connectivity index (χ4v) is 1.78. The van der Waals surface area contributed by atoms with Crippen molar-refractivity contribution >= 4 is 11.9 Å². The molecule has 1 aromatic rings. The Bertz CT molecular complexity index is 450. The van der Waals surface area contributed by atoms with Crippen LogP contribution in [0.4, 0.5) is 0 Å². The summed E-state index contributed by atoms with van der Waals surface area (Å²) >= 11 is 0. The molecule has 1 aromatic heterocycles. The van der Waals surface area contributed by atoms with Gasteiger partial charge in [-0.25, -0.2) is 4.79 Å². The van der Waals surface area contributed by atoms with E-state index in [1.54, 1.807) is 20.8 Å². The van der Waals surface area contributed by atoms with Crippen molar-refractivity contribution in [2.45, 2.75) is 27.3 Å². The Balaban J connectivity index is 2.88. The number of carboxylic acids is 1. The molecule has 0 unspecified atom stereocenters. The van der Waals surface area contributed by atoms with E-state index in [1.165, 1.54) is 5.32 Å². The average Bonchev–Trinajstić information content (AvgIpc) is 2.53. The molecule has 0 aliphatic heterocycles. The maximum absolute atomic E-state index is 11.8. The van der Waals surface area contributed by atoms with Crippen molar-refractivity contribution in [3.63, 3.8) is 0 Å². The summed E-state index contributed by atoms with van der Waals surface area (Å²) in [5.74, 6) is -0.498. The molecule has 0 aliphatic rings. The van der Waals surface area contributed by atoms with Crippen LogP contribution in [0.15, 0.2) is 4.42 Å². The first-order valence-corrected chi connectivity index (χ1v) is 5.74. The van der Waals surface area contributed by atoms with Crippen LogP contribution in [0.3, 0.4) is 0 Å². The Morgan fingerprint density at radius 1 is 1.33 bits per heavy atom. The van der Waals surface area contributed by atoms with Crippen LogP contribution in [-0.4, -0.2) is 25.1 Å². The minimum Gasteiger partial charge on any atom is -0.544 e. The molecule has 0 amide bonds. The largest absolute Gasteiger partial charge is 0.544 e. The van der Waals surface area contributed by atoms with E-state index in [0.717, 1.165) is 0 Å². The molecule has 0 bridgehead atoms. The van der Waals surface area contributed by atoms with E-state index in [9.17, 15) is 14.7 Å². The number of hydrogen-bond acceptors (Lipinski definition) is 5. The van der Waals surface area contributed by atoms with E-state index in [-0.39, 0.29) is 13.2 Å². The maximum Gasteiger partial charge on any atom is 0.342 e. The predicted octanol–water partition coefficient (Wildman–Crippen LogP) is -1.11. The Morgan fingerprint density at radius 2 is 2.00 bits per heavy atom. The molecule has 1 heterocycles. The van der Waals surface area contributed by atoms with E-state index < -0.39 is 11.9 Å². The molecular formula is C12H17NO5. The SMILES string of the molecule is CCOC(=O)c1c(C)oc(C)c1C[NH2+]CC(=O)[O-]. The molecule has 0 fully saturated rings. The van der Waals surface area contributed by atoms with Crippen molar-refractivity contribution in [2.24, 2.45) is 0 Å². The number of aliphatic carboxylic acids is 1. The lowest BCUT2D eigenvalue weighted by Crippen LogP contribution is -2.85. The fourth-order valence-electron chi connectivity index (χ4n) is 1.78. The van der Waals surface area contributed by atoms with Gasteiger partial charge in [0, 0.05) is 0 Å². The fraction of sp³-hybridized carbons (Fsp3) is 0.500. The average molecular weight is 255 g/mol. The van der Waals surface area contributed by atoms with Gasteiger partial charge in [0.05, 0.1) is 18.1 Å². The number of hydrogen-bond donors (Lipinski definition) is 1. The second kappa shape index (κ2) is 6.20. The van der Waals surface area contributed by atoms with Gasteiger partial charge < -0.3 is 24.4 Å². The number of quaternary nitrogens is 1. The quantitative estimate of drug-likeness (QED) is 0.650. The van der Waals surface area contributed by atoms with Crippen LogP contribution in [-0.2, 0) is 16.1 Å². The molecule has 0 aromatic carbocycles. The number of rotatable bonds is 6. The van der Waals surface area contributed by atoms with Crippen LogP contribution in [0.5, 0.6) is 0 Å². The lowest BCUT2D eigenvalue weighted by molar-refractivity contribution is -0.665. The lowest BCUT2D eigenvalue weighted by Gasteiger charge is -2.05. The summed E-state index contributed by atoms with van der Waals surface area (Å²) in [6.07, 6.45) is 0. The van der Waals surface area contributed by atoms with E-state index in [2.05, 4.69) is 0 Å². The van der Waals surface area contributed by atoms with E-state index in [1.807, 2.05) is 0 Å². The summed E-state index contributed by atoms with van der Waals surface area (Å²) in [7, 11) is 0. The highest BCUT2D eigenvalue weighted by Gasteiger charge is 2.23. The Kier molecular flexibility index (Phi) is 4.91. The molecule has 2 N–H and O–H groups in total. The van der Waals surface area contributed by atoms with Crippen molar-refractivity contribution in [1.82, 2.24) is 0 Å². The molecule has 6 heteroatoms. The maximum atomic E-state index is 11.8. The molecule has 0 spiro atoms. The third-order valence-corrected chi connectivity index (χ3v) is 2.52. The number of esters is 1. The number of carbonyl (C=O) groups is 2. The smallest absolute Gasteiger partial charge is 0.342 e. The summed E-state index contributed by atoms with van der Waals surface area (Å²) in [5, 5.41) is 11.9. The summed E-state index contributed by atoms with van der Waals surface area (Å²) in [6.45, 7) is 5.60. The number of carboxylic acid groups (broad SMARTS) is 1. The molecule has 100 valence electrons. The van der Waals surface area contributed by atoms with Crippen LogP contribution in [0.2, 0.25) is 0 Å². The molecule has 0 aliphatic carbocycles. The molecular weight excluding hydrogens is 238 g/mol. The minimum absolute atomic E-state index is 0.161. The van der Waals surface area contributed by atoms with Gasteiger partial charge in [-0.05, 0) is 20.8 Å². The van der Waals surface area contributed by atoms with Gasteiger partial charge >= 0.3 is 5.97 Å². The lowest BCUT2D eigenvalue weighted by atomic mass is 10.1. The van der Waals surface area contributed by atoms with Gasteiger partial charge in [0.2, 0.25) is 0 Å². The molecule has 6 nitrogen and oxygen atoms in total. The second-order valence-electron chi connectivity index (χ2n) is 3.86. The van der Waals surface area contributed by atoms with Crippen LogP contribution in [0, 0.1) is 13.8 Å². The summed E-state index contributed by atoms with van der Waals surface area (Å²) < 4.78 is 10.3. The molecule has 0 atom stereocenters. The Morgan fingerprint density at radius 3 is 2.56 bits per heavy atom. The number of ether oxygens (including phenoxy) is 1. The van der Waals surface area contributed by atoms with Crippen molar-refractivity contribution in [3.05, 3.63) is 22.6 Å². The van der Waals surface area contributed by atoms with Gasteiger partial charge in [-0.15, -0.1) is 0 Å². The van der Waals surface area contributed by atoms with Crippen molar-refractivity contribution in [3.8, 4) is 0 Å². The van der Waals surface area contributed by atoms with E-state index in [4.69, 9.17) is 9.15 Å². The highest BCUT2D eigenvalue weighted by atomic mass is 16.5. The van der Waals surface area contributed by atoms with Gasteiger partial charge in [0.25, 0.3) is 0 Å². The first kappa shape index (κ1) is 14.2. The first-order chi connectivity index (χ1) is 8.47. The third kappa shape index (κ3) is 3.33. The first-order valence-electron chi connectivity index (χ1n) is 5.74. The third-order valence-electron chi connectivity index (χ3n) is 2.52. The number of carbonyl (C=O) groups excluding carboxylic acids is 2. The second-order valence-corrected chi connectivity index (χ2v) is 3.86. The van der Waals surface area contributed by atoms with Crippen molar-refractivity contribution in [2.75, 3.05) is 13.2 Å². The zero-order chi connectivity index (χ0) is 13.7. The predicted molar refractivity (Wildman–Crippen MR) is 59.6 cm³/mol. The van der Waals surface area contributed by atoms with Crippen LogP contribution >= 0.6 is 0 Å². The van der Waals surface area contributed by atoms with Crippen LogP contribution in [0.25, 0.3) is 0 Å². The highest BCUT2D eigenvalue weighted by molar-refractivity contribution is 5.92. The summed E-state index contributed by atoms with van der Waals surface area (Å²) in [5.41, 5.74) is 1.07. The molecule has 1 rings (SSSR count). The molecule has 0 saturated carbocycles. The number of nitrogens with two attached hydrogens (primary N) is 1. The van der Waals surface area contributed by atoms with Crippen molar-refractivity contribution < 1.29 is 29.2 Å². The Labute approximate surface area is 105 Å². The van der Waals surface area contributed by atoms with Gasteiger partial charge in [-0.2, -0.15) is 0 Å². The van der Waals surface area contributed by atoms with Crippen molar-refractivity contribution in [1.29, 1.82) is 0 Å². The molecule has 0 saturated heterocycles. The summed E-state index contributed by atoms with van der Waals surface area (Å²) in [6, 6.07) is 0. The van der Waals surface area contributed by atoms with E-state index >= 15 is 0 Å². The molecule has 18 heavy (non-hydrogen) atoms. The Hall–Kier alpha value is -1.82. The zero-order valence-electron chi connectivity index (χ0n) is 10.7. The van der Waals surface area contributed by atoms with Crippen LogP contribution in [0.1, 0.15) is 34.4 Å². The van der Waals surface area contributed by atoms with Gasteiger partial charge in [-0.1, -0.05) is 0 Å². The van der Waals surface area contributed by atoms with Crippen LogP contribution < -0.4 is 10.4 Å². The monoisotopic (exact) mass is 255 g/mol. The minimum atomic E-state index is -1.15.